The van der Waals surface area contributed by atoms with E-state index >= 15 is 0 Å². The maximum absolute atomic E-state index is 11.9. The van der Waals surface area contributed by atoms with Gasteiger partial charge in [0.15, 0.2) is 0 Å². The van der Waals surface area contributed by atoms with Crippen LogP contribution in [-0.2, 0) is 6.54 Å². The Hall–Kier alpha value is -2.58. The molecule has 8 heteroatoms. The summed E-state index contributed by atoms with van der Waals surface area (Å²) in [6.07, 6.45) is 0. The van der Waals surface area contributed by atoms with E-state index in [0.29, 0.717) is 25.3 Å². The molecule has 0 unspecified atom stereocenters. The van der Waals surface area contributed by atoms with Crippen molar-refractivity contribution in [3.05, 3.63) is 60.2 Å². The van der Waals surface area contributed by atoms with Gasteiger partial charge in [0, 0.05) is 31.0 Å². The molecule has 2 aromatic carbocycles. The normalized spacial score (nSPS) is 10.0. The lowest BCUT2D eigenvalue weighted by Gasteiger charge is -2.21. The first-order valence-corrected chi connectivity index (χ1v) is 8.54. The van der Waals surface area contributed by atoms with E-state index in [9.17, 15) is 9.59 Å². The number of likely N-dealkylation sites (N-methyl/N-ethyl adjacent to an activating group) is 1. The lowest BCUT2D eigenvalue weighted by Crippen LogP contribution is -2.36. The van der Waals surface area contributed by atoms with Crippen LogP contribution < -0.4 is 21.7 Å². The predicted molar refractivity (Wildman–Crippen MR) is 114 cm³/mol. The number of urea groups is 2. The largest absolute Gasteiger partial charge is 0.351 e. The van der Waals surface area contributed by atoms with Crippen LogP contribution in [0, 0.1) is 0 Å². The SMILES string of the molecule is Br.CCN(CCNC(=O)Nc1ccccc1)Cc1cccc(NC(N)=O)c1. The van der Waals surface area contributed by atoms with E-state index in [1.165, 1.54) is 0 Å². The number of rotatable bonds is 8. The van der Waals surface area contributed by atoms with Crippen molar-refractivity contribution < 1.29 is 9.59 Å². The Balaban J connectivity index is 0.00000364. The molecule has 0 aliphatic rings. The predicted octanol–water partition coefficient (Wildman–Crippen LogP) is 3.40. The molecule has 0 spiro atoms. The quantitative estimate of drug-likeness (QED) is 0.511. The lowest BCUT2D eigenvalue weighted by molar-refractivity contribution is 0.245. The van der Waals surface area contributed by atoms with Gasteiger partial charge in [-0.05, 0) is 36.4 Å². The minimum Gasteiger partial charge on any atom is -0.351 e. The average molecular weight is 436 g/mol. The van der Waals surface area contributed by atoms with Crippen molar-refractivity contribution in [2.24, 2.45) is 5.73 Å². The number of nitrogens with zero attached hydrogens (tertiary/aromatic N) is 1. The van der Waals surface area contributed by atoms with E-state index in [4.69, 9.17) is 5.73 Å². The van der Waals surface area contributed by atoms with Crippen molar-refractivity contribution in [1.29, 1.82) is 0 Å². The van der Waals surface area contributed by atoms with E-state index in [2.05, 4.69) is 27.8 Å². The van der Waals surface area contributed by atoms with Crippen LogP contribution in [0.15, 0.2) is 54.6 Å². The highest BCUT2D eigenvalue weighted by Crippen LogP contribution is 2.12. The van der Waals surface area contributed by atoms with Crippen molar-refractivity contribution >= 4 is 40.4 Å². The Morgan fingerprint density at radius 3 is 2.37 bits per heavy atom. The number of hydrogen-bond acceptors (Lipinski definition) is 3. The summed E-state index contributed by atoms with van der Waals surface area (Å²) in [4.78, 5) is 25.0. The number of para-hydroxylation sites is 1. The van der Waals surface area contributed by atoms with Gasteiger partial charge in [0.1, 0.15) is 0 Å². The second-order valence-electron chi connectivity index (χ2n) is 5.81. The Kier molecular flexibility index (Phi) is 9.92. The van der Waals surface area contributed by atoms with Gasteiger partial charge in [-0.3, -0.25) is 4.90 Å². The first-order chi connectivity index (χ1) is 12.6. The Bertz CT molecular complexity index is 727. The second kappa shape index (κ2) is 11.9. The Morgan fingerprint density at radius 1 is 1.00 bits per heavy atom. The first kappa shape index (κ1) is 22.5. The maximum Gasteiger partial charge on any atom is 0.319 e. The van der Waals surface area contributed by atoms with Crippen LogP contribution in [0.2, 0.25) is 0 Å². The Labute approximate surface area is 170 Å². The molecule has 4 amide bonds. The molecule has 0 saturated carbocycles. The van der Waals surface area contributed by atoms with Crippen molar-refractivity contribution in [2.75, 3.05) is 30.3 Å². The summed E-state index contributed by atoms with van der Waals surface area (Å²) in [6, 6.07) is 16.1. The van der Waals surface area contributed by atoms with E-state index in [0.717, 1.165) is 17.8 Å². The second-order valence-corrected chi connectivity index (χ2v) is 5.81. The fraction of sp³-hybridized carbons (Fsp3) is 0.263. The number of halogens is 1. The number of nitrogens with one attached hydrogen (secondary N) is 3. The van der Waals surface area contributed by atoms with Crippen LogP contribution in [0.3, 0.4) is 0 Å². The van der Waals surface area contributed by atoms with Crippen LogP contribution in [0.25, 0.3) is 0 Å². The molecule has 2 aromatic rings. The van der Waals surface area contributed by atoms with Gasteiger partial charge in [-0.25, -0.2) is 9.59 Å². The van der Waals surface area contributed by atoms with Crippen LogP contribution >= 0.6 is 17.0 Å². The lowest BCUT2D eigenvalue weighted by atomic mass is 10.2. The molecule has 0 atom stereocenters. The van der Waals surface area contributed by atoms with Crippen molar-refractivity contribution in [2.45, 2.75) is 13.5 Å². The number of hydrogen-bond donors (Lipinski definition) is 4. The van der Waals surface area contributed by atoms with Gasteiger partial charge in [-0.1, -0.05) is 37.3 Å². The molecular formula is C19H26BrN5O2. The van der Waals surface area contributed by atoms with E-state index in [1.807, 2.05) is 48.5 Å². The van der Waals surface area contributed by atoms with Gasteiger partial charge < -0.3 is 21.7 Å². The minimum absolute atomic E-state index is 0. The molecule has 0 aliphatic carbocycles. The fourth-order valence-electron chi connectivity index (χ4n) is 2.52. The summed E-state index contributed by atoms with van der Waals surface area (Å²) < 4.78 is 0. The van der Waals surface area contributed by atoms with Gasteiger partial charge in [0.05, 0.1) is 0 Å². The molecule has 0 aromatic heterocycles. The number of carbonyl (C=O) groups excluding carboxylic acids is 2. The number of amides is 4. The summed E-state index contributed by atoms with van der Waals surface area (Å²) in [5, 5.41) is 8.22. The summed E-state index contributed by atoms with van der Waals surface area (Å²) in [5.41, 5.74) is 7.64. The zero-order valence-electron chi connectivity index (χ0n) is 15.3. The molecule has 2 rings (SSSR count). The number of anilines is 2. The average Bonchev–Trinajstić information content (AvgIpc) is 2.61. The Morgan fingerprint density at radius 2 is 1.70 bits per heavy atom. The maximum atomic E-state index is 11.9. The van der Waals surface area contributed by atoms with Crippen molar-refractivity contribution in [1.82, 2.24) is 10.2 Å². The third-order valence-electron chi connectivity index (χ3n) is 3.79. The monoisotopic (exact) mass is 435 g/mol. The molecule has 0 heterocycles. The standard InChI is InChI=1S/C19H25N5O2.BrH/c1-2-24(14-15-7-6-10-17(13-15)22-18(20)25)12-11-21-19(26)23-16-8-4-3-5-9-16;/h3-10,13H,2,11-12,14H2,1H3,(H3,20,22,25)(H2,21,23,26);1H. The number of primary amides is 1. The summed E-state index contributed by atoms with van der Waals surface area (Å²) >= 11 is 0. The number of carbonyl (C=O) groups is 2. The van der Waals surface area contributed by atoms with Crippen molar-refractivity contribution in [3.8, 4) is 0 Å². The molecule has 146 valence electrons. The third kappa shape index (κ3) is 8.57. The van der Waals surface area contributed by atoms with Crippen LogP contribution in [0.5, 0.6) is 0 Å². The third-order valence-corrected chi connectivity index (χ3v) is 3.79. The molecule has 0 radical (unpaired) electrons. The molecule has 7 nitrogen and oxygen atoms in total. The van der Waals surface area contributed by atoms with Crippen LogP contribution in [0.4, 0.5) is 21.0 Å². The topological polar surface area (TPSA) is 99.5 Å². The zero-order chi connectivity index (χ0) is 18.8. The number of nitrogens with two attached hydrogens (primary N) is 1. The highest BCUT2D eigenvalue weighted by Gasteiger charge is 2.07. The van der Waals surface area contributed by atoms with Gasteiger partial charge in [0.25, 0.3) is 0 Å². The van der Waals surface area contributed by atoms with Gasteiger partial charge in [-0.2, -0.15) is 0 Å². The van der Waals surface area contributed by atoms with Crippen molar-refractivity contribution in [3.63, 3.8) is 0 Å². The van der Waals surface area contributed by atoms with Gasteiger partial charge in [0.2, 0.25) is 0 Å². The van der Waals surface area contributed by atoms with Gasteiger partial charge >= 0.3 is 12.1 Å². The first-order valence-electron chi connectivity index (χ1n) is 8.54. The van der Waals surface area contributed by atoms with E-state index < -0.39 is 6.03 Å². The summed E-state index contributed by atoms with van der Waals surface area (Å²) in [7, 11) is 0. The summed E-state index contributed by atoms with van der Waals surface area (Å²) in [5.74, 6) is 0. The van der Waals surface area contributed by atoms with E-state index in [-0.39, 0.29) is 23.0 Å². The smallest absolute Gasteiger partial charge is 0.319 e. The van der Waals surface area contributed by atoms with Crippen LogP contribution in [0.1, 0.15) is 12.5 Å². The minimum atomic E-state index is -0.580. The summed E-state index contributed by atoms with van der Waals surface area (Å²) in [6.45, 7) is 4.87. The van der Waals surface area contributed by atoms with E-state index in [1.54, 1.807) is 6.07 Å². The zero-order valence-corrected chi connectivity index (χ0v) is 17.0. The van der Waals surface area contributed by atoms with Crippen LogP contribution in [-0.4, -0.2) is 36.6 Å². The van der Waals surface area contributed by atoms with Gasteiger partial charge in [-0.15, -0.1) is 17.0 Å². The molecular weight excluding hydrogens is 410 g/mol. The molecule has 27 heavy (non-hydrogen) atoms. The highest BCUT2D eigenvalue weighted by molar-refractivity contribution is 8.93. The number of benzene rings is 2. The molecule has 5 N–H and O–H groups in total. The fourth-order valence-corrected chi connectivity index (χ4v) is 2.52. The molecule has 0 bridgehead atoms. The highest BCUT2D eigenvalue weighted by atomic mass is 79.9. The molecule has 0 aliphatic heterocycles. The molecule has 0 fully saturated rings. The molecule has 0 saturated heterocycles.